The van der Waals surface area contributed by atoms with Crippen molar-refractivity contribution in [1.29, 1.82) is 0 Å². The second-order valence-corrected chi connectivity index (χ2v) is 8.74. The molecule has 45 heavy (non-hydrogen) atoms. The Hall–Kier alpha value is -3.12. The molecule has 0 aliphatic heterocycles. The molecule has 0 nitrogen and oxygen atoms in total. The quantitative estimate of drug-likeness (QED) is 0.194. The van der Waals surface area contributed by atoms with Gasteiger partial charge < -0.3 is 0 Å². The summed E-state index contributed by atoms with van der Waals surface area (Å²) in [6.45, 7) is 30.6. The summed E-state index contributed by atoms with van der Waals surface area (Å²) in [7, 11) is 0. The molecular formula is C45H76. The van der Waals surface area contributed by atoms with Crippen LogP contribution in [0.15, 0.2) is 121 Å². The zero-order valence-electron chi connectivity index (χ0n) is 32.7. The van der Waals surface area contributed by atoms with Crippen LogP contribution in [0, 0.1) is 5.92 Å². The molecule has 0 N–H and O–H groups in total. The maximum atomic E-state index is 2.22. The Kier molecular flexibility index (Phi) is 54.7. The molecule has 0 unspecified atom stereocenters. The van der Waals surface area contributed by atoms with Crippen molar-refractivity contribution in [3.63, 3.8) is 0 Å². The SMILES string of the molecule is CC.CC.CC.CC.CC.CC.CCC(C)C.c1ccc(CCc2ccccc2)cc1.c1ccc(CCc2ccccc2)cc1. The van der Waals surface area contributed by atoms with Gasteiger partial charge in [0.05, 0.1) is 0 Å². The molecule has 4 rings (SSSR count). The Bertz CT molecular complexity index is 784. The monoisotopic (exact) mass is 617 g/mol. The third-order valence-corrected chi connectivity index (χ3v) is 5.59. The van der Waals surface area contributed by atoms with E-state index in [1.165, 1.54) is 28.7 Å². The third kappa shape index (κ3) is 37.0. The van der Waals surface area contributed by atoms with Gasteiger partial charge in [0.25, 0.3) is 0 Å². The maximum absolute atomic E-state index is 2.22. The number of aryl methyl sites for hydroxylation is 4. The average molecular weight is 617 g/mol. The molecule has 0 bridgehead atoms. The van der Waals surface area contributed by atoms with E-state index in [0.29, 0.717) is 0 Å². The van der Waals surface area contributed by atoms with Crippen molar-refractivity contribution < 1.29 is 0 Å². The van der Waals surface area contributed by atoms with Gasteiger partial charge >= 0.3 is 0 Å². The fourth-order valence-electron chi connectivity index (χ4n) is 3.16. The smallest absolute Gasteiger partial charge is 0.0238 e. The lowest BCUT2D eigenvalue weighted by Crippen LogP contribution is -1.89. The summed E-state index contributed by atoms with van der Waals surface area (Å²) < 4.78 is 0. The van der Waals surface area contributed by atoms with E-state index in [1.807, 2.05) is 83.1 Å². The Labute approximate surface area is 284 Å². The molecule has 4 aromatic carbocycles. The van der Waals surface area contributed by atoms with Crippen LogP contribution in [-0.4, -0.2) is 0 Å². The molecule has 0 amide bonds. The molecule has 0 heteroatoms. The minimum Gasteiger partial charge on any atom is -0.0683 e. The summed E-state index contributed by atoms with van der Waals surface area (Å²) in [5, 5.41) is 0. The first-order valence-electron chi connectivity index (χ1n) is 18.3. The standard InChI is InChI=1S/2C14H14.C5H12.6C2H6/c2*1-3-7-13(8-4-1)11-12-14-9-5-2-6-10-14;1-4-5(2)3;6*1-2/h2*1-10H,11-12H2;5H,4H2,1-3H3;6*1-2H3. The van der Waals surface area contributed by atoms with E-state index in [1.54, 1.807) is 0 Å². The second kappa shape index (κ2) is 47.8. The first kappa shape index (κ1) is 51.5. The fraction of sp³-hybridized carbons (Fsp3) is 0.467. The molecule has 0 heterocycles. The van der Waals surface area contributed by atoms with Crippen molar-refractivity contribution in [3.05, 3.63) is 144 Å². The molecule has 0 fully saturated rings. The zero-order valence-corrected chi connectivity index (χ0v) is 32.7. The largest absolute Gasteiger partial charge is 0.0683 e. The van der Waals surface area contributed by atoms with Gasteiger partial charge in [-0.05, 0) is 53.9 Å². The Morgan fingerprint density at radius 3 is 0.556 bits per heavy atom. The van der Waals surface area contributed by atoms with Crippen LogP contribution in [0.4, 0.5) is 0 Å². The predicted molar refractivity (Wildman–Crippen MR) is 214 cm³/mol. The molecule has 0 aromatic heterocycles. The van der Waals surface area contributed by atoms with Crippen molar-refractivity contribution in [2.75, 3.05) is 0 Å². The van der Waals surface area contributed by atoms with Gasteiger partial charge in [-0.2, -0.15) is 0 Å². The lowest BCUT2D eigenvalue weighted by molar-refractivity contribution is 0.626. The van der Waals surface area contributed by atoms with Gasteiger partial charge in [0.2, 0.25) is 0 Å². The van der Waals surface area contributed by atoms with Crippen LogP contribution in [0.1, 0.15) is 133 Å². The van der Waals surface area contributed by atoms with E-state index >= 15 is 0 Å². The highest BCUT2D eigenvalue weighted by Crippen LogP contribution is 2.07. The summed E-state index contributed by atoms with van der Waals surface area (Å²) in [5.41, 5.74) is 5.65. The van der Waals surface area contributed by atoms with Crippen molar-refractivity contribution in [1.82, 2.24) is 0 Å². The molecule has 0 radical (unpaired) electrons. The summed E-state index contributed by atoms with van der Waals surface area (Å²) in [6.07, 6.45) is 5.82. The highest BCUT2D eigenvalue weighted by atomic mass is 14.0. The third-order valence-electron chi connectivity index (χ3n) is 5.59. The van der Waals surface area contributed by atoms with E-state index < -0.39 is 0 Å². The average Bonchev–Trinajstić information content (AvgIpc) is 3.17. The Morgan fingerprint density at radius 1 is 0.311 bits per heavy atom. The Balaban J connectivity index is -0.000000161. The summed E-state index contributed by atoms with van der Waals surface area (Å²) >= 11 is 0. The van der Waals surface area contributed by atoms with Crippen LogP contribution in [0.25, 0.3) is 0 Å². The van der Waals surface area contributed by atoms with Gasteiger partial charge in [-0.1, -0.05) is 232 Å². The zero-order chi connectivity index (χ0) is 35.6. The van der Waals surface area contributed by atoms with E-state index in [4.69, 9.17) is 0 Å². The summed E-state index contributed by atoms with van der Waals surface area (Å²) in [6, 6.07) is 42.5. The van der Waals surface area contributed by atoms with Gasteiger partial charge in [0, 0.05) is 0 Å². The van der Waals surface area contributed by atoms with Gasteiger partial charge in [0.15, 0.2) is 0 Å². The van der Waals surface area contributed by atoms with Gasteiger partial charge in [-0.15, -0.1) is 0 Å². The maximum Gasteiger partial charge on any atom is -0.0238 e. The number of benzene rings is 4. The van der Waals surface area contributed by atoms with Gasteiger partial charge in [-0.25, -0.2) is 0 Å². The van der Waals surface area contributed by atoms with Crippen molar-refractivity contribution in [3.8, 4) is 0 Å². The molecule has 256 valence electrons. The van der Waals surface area contributed by atoms with Crippen LogP contribution in [0.2, 0.25) is 0 Å². The minimum atomic E-state index is 0.884. The Morgan fingerprint density at radius 2 is 0.444 bits per heavy atom. The van der Waals surface area contributed by atoms with Gasteiger partial charge in [0.1, 0.15) is 0 Å². The van der Waals surface area contributed by atoms with E-state index in [9.17, 15) is 0 Å². The minimum absolute atomic E-state index is 0.884. The molecule has 0 saturated carbocycles. The van der Waals surface area contributed by atoms with Crippen molar-refractivity contribution >= 4 is 0 Å². The normalized spacial score (nSPS) is 8.09. The molecule has 0 aliphatic carbocycles. The fourth-order valence-corrected chi connectivity index (χ4v) is 3.16. The number of hydrogen-bond acceptors (Lipinski definition) is 0. The molecule has 0 aliphatic rings. The summed E-state index contributed by atoms with van der Waals surface area (Å²) in [5.74, 6) is 0.884. The van der Waals surface area contributed by atoms with Crippen LogP contribution >= 0.6 is 0 Å². The predicted octanol–water partition coefficient (Wildman–Crippen LogP) is 15.2. The highest BCUT2D eigenvalue weighted by molar-refractivity contribution is 5.21. The van der Waals surface area contributed by atoms with Crippen LogP contribution in [0.5, 0.6) is 0 Å². The molecule has 0 spiro atoms. The highest BCUT2D eigenvalue weighted by Gasteiger charge is 1.94. The van der Waals surface area contributed by atoms with E-state index in [0.717, 1.165) is 31.6 Å². The lowest BCUT2D eigenvalue weighted by Gasteiger charge is -2.01. The molecule has 4 aromatic rings. The second-order valence-electron chi connectivity index (χ2n) is 8.74. The van der Waals surface area contributed by atoms with Crippen LogP contribution < -0.4 is 0 Å². The topological polar surface area (TPSA) is 0 Å². The molecular weight excluding hydrogens is 540 g/mol. The molecule has 0 atom stereocenters. The van der Waals surface area contributed by atoms with E-state index in [2.05, 4.69) is 142 Å². The molecule has 0 saturated heterocycles. The van der Waals surface area contributed by atoms with Crippen LogP contribution in [0.3, 0.4) is 0 Å². The van der Waals surface area contributed by atoms with Crippen molar-refractivity contribution in [2.24, 2.45) is 5.92 Å². The summed E-state index contributed by atoms with van der Waals surface area (Å²) in [4.78, 5) is 0. The van der Waals surface area contributed by atoms with E-state index in [-0.39, 0.29) is 0 Å². The van der Waals surface area contributed by atoms with Gasteiger partial charge in [-0.3, -0.25) is 0 Å². The van der Waals surface area contributed by atoms with Crippen molar-refractivity contribution in [2.45, 2.75) is 136 Å². The van der Waals surface area contributed by atoms with Crippen LogP contribution in [-0.2, 0) is 25.7 Å². The number of hydrogen-bond donors (Lipinski definition) is 0. The first-order valence-corrected chi connectivity index (χ1v) is 18.3. The first-order chi connectivity index (χ1) is 22.2. The lowest BCUT2D eigenvalue weighted by atomic mass is 10.0. The number of rotatable bonds is 7.